The van der Waals surface area contributed by atoms with Crippen LogP contribution in [0.15, 0.2) is 60.7 Å². The van der Waals surface area contributed by atoms with E-state index in [1.807, 2.05) is 0 Å². The van der Waals surface area contributed by atoms with Crippen LogP contribution in [0.2, 0.25) is 0 Å². The van der Waals surface area contributed by atoms with Crippen molar-refractivity contribution in [3.8, 4) is 0 Å². The van der Waals surface area contributed by atoms with Crippen LogP contribution in [0.1, 0.15) is 41.0 Å². The molecular formula is C22H22N2. The van der Waals surface area contributed by atoms with Crippen molar-refractivity contribution in [2.75, 3.05) is 6.54 Å². The van der Waals surface area contributed by atoms with Crippen LogP contribution in [0.5, 0.6) is 0 Å². The van der Waals surface area contributed by atoms with Crippen LogP contribution in [0.4, 0.5) is 0 Å². The van der Waals surface area contributed by atoms with Crippen molar-refractivity contribution in [3.63, 3.8) is 0 Å². The molecule has 0 radical (unpaired) electrons. The highest BCUT2D eigenvalue weighted by atomic mass is 14.9. The molecule has 120 valence electrons. The number of nitrogens with two attached hydrogens (primary N) is 1. The van der Waals surface area contributed by atoms with Gasteiger partial charge in [0, 0.05) is 24.5 Å². The lowest BCUT2D eigenvalue weighted by atomic mass is 9.83. The van der Waals surface area contributed by atoms with E-state index in [9.17, 15) is 0 Å². The number of rotatable bonds is 2. The Labute approximate surface area is 142 Å². The van der Waals surface area contributed by atoms with E-state index in [1.54, 1.807) is 0 Å². The lowest BCUT2D eigenvalue weighted by Gasteiger charge is -2.28. The monoisotopic (exact) mass is 314 g/mol. The van der Waals surface area contributed by atoms with Gasteiger partial charge in [-0.15, -0.1) is 0 Å². The Kier molecular flexibility index (Phi) is 3.06. The van der Waals surface area contributed by atoms with Gasteiger partial charge in [-0.2, -0.15) is 0 Å². The number of fused-ring (bicyclic) bond motifs is 2. The average Bonchev–Trinajstić information content (AvgIpc) is 3.39. The fraction of sp³-hybridized carbons (Fsp3) is 0.273. The second-order valence-corrected chi connectivity index (χ2v) is 7.36. The molecule has 0 bridgehead atoms. The van der Waals surface area contributed by atoms with Crippen LogP contribution in [0.3, 0.4) is 0 Å². The number of hydrogen-bond donors (Lipinski definition) is 2. The molecule has 1 heterocycles. The summed E-state index contributed by atoms with van der Waals surface area (Å²) in [6.45, 7) is 1.95. The van der Waals surface area contributed by atoms with Crippen molar-refractivity contribution < 1.29 is 0 Å². The molecule has 2 aliphatic rings. The highest BCUT2D eigenvalue weighted by Gasteiger charge is 2.40. The molecule has 0 spiro atoms. The summed E-state index contributed by atoms with van der Waals surface area (Å²) in [6, 6.07) is 22.4. The smallest absolute Gasteiger partial charge is 0.0411 e. The Balaban J connectivity index is 1.57. The van der Waals surface area contributed by atoms with Gasteiger partial charge in [0.05, 0.1) is 0 Å². The molecule has 0 saturated heterocycles. The zero-order valence-electron chi connectivity index (χ0n) is 13.8. The molecule has 3 N–H and O–H groups in total. The van der Waals surface area contributed by atoms with Gasteiger partial charge in [-0.05, 0) is 45.9 Å². The molecule has 1 aliphatic carbocycles. The maximum atomic E-state index is 6.39. The fourth-order valence-electron chi connectivity index (χ4n) is 4.01. The topological polar surface area (TPSA) is 38.0 Å². The largest absolute Gasteiger partial charge is 0.321 e. The first-order valence-corrected chi connectivity index (χ1v) is 8.85. The number of hydrogen-bond acceptors (Lipinski definition) is 2. The van der Waals surface area contributed by atoms with E-state index in [-0.39, 0.29) is 5.54 Å². The van der Waals surface area contributed by atoms with E-state index in [1.165, 1.54) is 33.0 Å². The van der Waals surface area contributed by atoms with Crippen LogP contribution >= 0.6 is 0 Å². The van der Waals surface area contributed by atoms with Gasteiger partial charge in [0.2, 0.25) is 0 Å². The Morgan fingerprint density at radius 3 is 2.58 bits per heavy atom. The summed E-state index contributed by atoms with van der Waals surface area (Å²) in [5, 5.41) is 6.22. The minimum absolute atomic E-state index is 0.0507. The molecule has 1 aliphatic heterocycles. The van der Waals surface area contributed by atoms with Crippen molar-refractivity contribution >= 4 is 10.8 Å². The summed E-state index contributed by atoms with van der Waals surface area (Å²) in [7, 11) is 0. The van der Waals surface area contributed by atoms with Crippen molar-refractivity contribution in [2.24, 2.45) is 5.73 Å². The quantitative estimate of drug-likeness (QED) is 0.749. The highest BCUT2D eigenvalue weighted by molar-refractivity contribution is 5.83. The van der Waals surface area contributed by atoms with E-state index >= 15 is 0 Å². The van der Waals surface area contributed by atoms with Gasteiger partial charge >= 0.3 is 0 Å². The Morgan fingerprint density at radius 2 is 1.75 bits per heavy atom. The summed E-state index contributed by atoms with van der Waals surface area (Å²) >= 11 is 0. The first-order chi connectivity index (χ1) is 11.7. The molecular weight excluding hydrogens is 292 g/mol. The summed E-state index contributed by atoms with van der Waals surface area (Å²) in [5.74, 6) is 0.417. The van der Waals surface area contributed by atoms with Gasteiger partial charge < -0.3 is 11.1 Å². The van der Waals surface area contributed by atoms with Crippen LogP contribution in [0, 0.1) is 0 Å². The molecule has 2 heteroatoms. The van der Waals surface area contributed by atoms with Crippen LogP contribution < -0.4 is 11.1 Å². The minimum Gasteiger partial charge on any atom is -0.321 e. The zero-order valence-corrected chi connectivity index (χ0v) is 13.8. The van der Waals surface area contributed by atoms with Crippen molar-refractivity contribution in [3.05, 3.63) is 82.9 Å². The van der Waals surface area contributed by atoms with E-state index in [0.717, 1.165) is 25.9 Å². The molecule has 1 fully saturated rings. The maximum absolute atomic E-state index is 6.39. The average molecular weight is 314 g/mol. The van der Waals surface area contributed by atoms with Gasteiger partial charge in [0.25, 0.3) is 0 Å². The summed E-state index contributed by atoms with van der Waals surface area (Å²) in [5.41, 5.74) is 11.9. The van der Waals surface area contributed by atoms with Crippen LogP contribution in [-0.4, -0.2) is 6.54 Å². The van der Waals surface area contributed by atoms with E-state index in [2.05, 4.69) is 66.0 Å². The SMILES string of the molecule is NC1(c2ccc3c(c2)CNCC3c2ccc3ccccc3c2)CC1. The molecule has 1 atom stereocenters. The van der Waals surface area contributed by atoms with E-state index < -0.39 is 0 Å². The van der Waals surface area contributed by atoms with Gasteiger partial charge in [0.15, 0.2) is 0 Å². The first kappa shape index (κ1) is 14.2. The Morgan fingerprint density at radius 1 is 0.917 bits per heavy atom. The van der Waals surface area contributed by atoms with Crippen LogP contribution in [0.25, 0.3) is 10.8 Å². The van der Waals surface area contributed by atoms with Gasteiger partial charge in [-0.25, -0.2) is 0 Å². The summed E-state index contributed by atoms with van der Waals surface area (Å²) in [6.07, 6.45) is 2.24. The third-order valence-electron chi connectivity index (χ3n) is 5.72. The highest BCUT2D eigenvalue weighted by Crippen LogP contribution is 2.44. The molecule has 0 aromatic heterocycles. The first-order valence-electron chi connectivity index (χ1n) is 8.85. The molecule has 3 aromatic rings. The number of benzene rings is 3. The maximum Gasteiger partial charge on any atom is 0.0411 e. The van der Waals surface area contributed by atoms with Crippen molar-refractivity contribution in [2.45, 2.75) is 30.8 Å². The summed E-state index contributed by atoms with van der Waals surface area (Å²) in [4.78, 5) is 0. The van der Waals surface area contributed by atoms with Gasteiger partial charge in [-0.3, -0.25) is 0 Å². The second-order valence-electron chi connectivity index (χ2n) is 7.36. The normalized spacial score (nSPS) is 21.5. The molecule has 1 unspecified atom stereocenters. The molecule has 0 amide bonds. The second kappa shape index (κ2) is 5.17. The van der Waals surface area contributed by atoms with E-state index in [0.29, 0.717) is 5.92 Å². The third-order valence-corrected chi connectivity index (χ3v) is 5.72. The van der Waals surface area contributed by atoms with Crippen LogP contribution in [-0.2, 0) is 12.1 Å². The molecule has 3 aromatic carbocycles. The molecule has 5 rings (SSSR count). The molecule has 24 heavy (non-hydrogen) atoms. The molecule has 1 saturated carbocycles. The van der Waals surface area contributed by atoms with Gasteiger partial charge in [0.1, 0.15) is 0 Å². The van der Waals surface area contributed by atoms with E-state index in [4.69, 9.17) is 5.73 Å². The van der Waals surface area contributed by atoms with Gasteiger partial charge in [-0.1, -0.05) is 60.7 Å². The fourth-order valence-corrected chi connectivity index (χ4v) is 4.01. The Hall–Kier alpha value is -2.16. The third kappa shape index (κ3) is 2.26. The number of nitrogens with one attached hydrogen (secondary N) is 1. The lowest BCUT2D eigenvalue weighted by Crippen LogP contribution is -2.29. The zero-order chi connectivity index (χ0) is 16.1. The summed E-state index contributed by atoms with van der Waals surface area (Å²) < 4.78 is 0. The minimum atomic E-state index is -0.0507. The predicted molar refractivity (Wildman–Crippen MR) is 99.0 cm³/mol. The Bertz CT molecular complexity index is 924. The predicted octanol–water partition coefficient (Wildman–Crippen LogP) is 4.02. The molecule has 2 nitrogen and oxygen atoms in total. The standard InChI is InChI=1S/C22H22N2/c23-22(9-10-22)19-7-8-20-18(12-19)13-24-14-21(20)17-6-5-15-3-1-2-4-16(15)11-17/h1-8,11-12,21,24H,9-10,13-14,23H2. The van der Waals surface area contributed by atoms with Crippen molar-refractivity contribution in [1.82, 2.24) is 5.32 Å². The van der Waals surface area contributed by atoms with Crippen molar-refractivity contribution in [1.29, 1.82) is 0 Å². The lowest BCUT2D eigenvalue weighted by molar-refractivity contribution is 0.589.